The molecule has 1 amide bonds. The van der Waals surface area contributed by atoms with E-state index in [1.807, 2.05) is 26.0 Å². The molecule has 2 aromatic rings. The first kappa shape index (κ1) is 28.0. The van der Waals surface area contributed by atoms with Gasteiger partial charge in [-0.25, -0.2) is 4.98 Å². The Morgan fingerprint density at radius 3 is 2.15 bits per heavy atom. The maximum Gasteiger partial charge on any atom is 0.225 e. The number of thiocarbonyl (C=S) groups is 1. The normalized spacial score (nSPS) is 8.56. The van der Waals surface area contributed by atoms with Crippen molar-refractivity contribution in [3.8, 4) is 11.1 Å². The minimum absolute atomic E-state index is 0. The van der Waals surface area contributed by atoms with Gasteiger partial charge in [0.15, 0.2) is 5.11 Å². The zero-order valence-corrected chi connectivity index (χ0v) is 20.9. The molecule has 0 aliphatic heterocycles. The molecule has 0 unspecified atom stereocenters. The van der Waals surface area contributed by atoms with Crippen LogP contribution in [0.15, 0.2) is 30.3 Å². The molecule has 5 nitrogen and oxygen atoms in total. The van der Waals surface area contributed by atoms with Crippen LogP contribution in [-0.2, 0) is 25.2 Å². The maximum absolute atomic E-state index is 9.56. The van der Waals surface area contributed by atoms with Crippen molar-refractivity contribution in [3.63, 3.8) is 0 Å². The summed E-state index contributed by atoms with van der Waals surface area (Å²) in [6.07, 6.45) is 0.504. The molecule has 27 heavy (non-hydrogen) atoms. The van der Waals surface area contributed by atoms with Gasteiger partial charge in [-0.2, -0.15) is 0 Å². The minimum atomic E-state index is 0. The predicted octanol–water partition coefficient (Wildman–Crippen LogP) is 4.44. The van der Waals surface area contributed by atoms with Crippen LogP contribution in [0, 0.1) is 13.8 Å². The van der Waals surface area contributed by atoms with E-state index < -0.39 is 0 Å². The van der Waals surface area contributed by atoms with Crippen molar-refractivity contribution in [2.24, 2.45) is 0 Å². The van der Waals surface area contributed by atoms with Crippen LogP contribution < -0.4 is 16.2 Å². The van der Waals surface area contributed by atoms with Gasteiger partial charge in [0.05, 0.1) is 0 Å². The number of rotatable bonds is 3. The van der Waals surface area contributed by atoms with Crippen molar-refractivity contribution in [1.82, 2.24) is 21.2 Å². The standard InChI is InChI=1S/C13H11Cl2N.C3H7N3OS.C2H6.Re/c1-8-3-4-9(2)11(5-8)10-6-12(14)16-13(15)7-10;1-4-3(8)6-5-2-7;1-2;/h3-7H,1-2H3;2H,1H3,(H,5,7)(H2,4,6,8);1-2H3;. The van der Waals surface area contributed by atoms with Gasteiger partial charge in [-0.1, -0.05) is 60.8 Å². The van der Waals surface area contributed by atoms with Crippen molar-refractivity contribution in [2.75, 3.05) is 7.05 Å². The number of nitrogens with zero attached hydrogens (tertiary/aromatic N) is 1. The van der Waals surface area contributed by atoms with Crippen LogP contribution in [0.2, 0.25) is 10.3 Å². The van der Waals surface area contributed by atoms with Crippen LogP contribution in [0.25, 0.3) is 11.1 Å². The summed E-state index contributed by atoms with van der Waals surface area (Å²) in [6.45, 7) is 8.13. The van der Waals surface area contributed by atoms with Gasteiger partial charge in [0.25, 0.3) is 0 Å². The number of aromatic nitrogens is 1. The number of amides is 1. The number of aryl methyl sites for hydroxylation is 2. The number of halogens is 2. The molecule has 0 saturated heterocycles. The van der Waals surface area contributed by atoms with Gasteiger partial charge < -0.3 is 5.32 Å². The predicted molar refractivity (Wildman–Crippen MR) is 115 cm³/mol. The van der Waals surface area contributed by atoms with Crippen molar-refractivity contribution in [3.05, 3.63) is 51.8 Å². The van der Waals surface area contributed by atoms with E-state index >= 15 is 0 Å². The molecule has 0 saturated carbocycles. The number of pyridine rings is 1. The van der Waals surface area contributed by atoms with E-state index in [0.717, 1.165) is 11.1 Å². The number of hydrogen-bond donors (Lipinski definition) is 3. The average molecular weight is 602 g/mol. The van der Waals surface area contributed by atoms with Gasteiger partial charge >= 0.3 is 0 Å². The molecule has 0 aliphatic carbocycles. The number of benzene rings is 1. The van der Waals surface area contributed by atoms with E-state index in [-0.39, 0.29) is 20.4 Å². The Kier molecular flexibility index (Phi) is 16.4. The first-order chi connectivity index (χ1) is 12.4. The van der Waals surface area contributed by atoms with Crippen LogP contribution >= 0.6 is 35.4 Å². The van der Waals surface area contributed by atoms with Crippen LogP contribution in [0.3, 0.4) is 0 Å². The third-order valence-electron chi connectivity index (χ3n) is 2.94. The molecule has 0 atom stereocenters. The average Bonchev–Trinajstić information content (AvgIpc) is 2.63. The topological polar surface area (TPSA) is 66.0 Å². The van der Waals surface area contributed by atoms with E-state index in [9.17, 15) is 4.79 Å². The number of hydrazine groups is 1. The summed E-state index contributed by atoms with van der Waals surface area (Å²) in [7, 11) is 1.65. The van der Waals surface area contributed by atoms with Gasteiger partial charge in [-0.05, 0) is 54.9 Å². The first-order valence-corrected chi connectivity index (χ1v) is 9.11. The van der Waals surface area contributed by atoms with Gasteiger partial charge in [0.2, 0.25) is 6.41 Å². The van der Waals surface area contributed by atoms with Gasteiger partial charge in [-0.3, -0.25) is 15.6 Å². The second-order valence-corrected chi connectivity index (χ2v) is 5.97. The van der Waals surface area contributed by atoms with E-state index in [2.05, 4.69) is 65.4 Å². The number of hydrogen-bond acceptors (Lipinski definition) is 3. The Balaban J connectivity index is 0. The summed E-state index contributed by atoms with van der Waals surface area (Å²) < 4.78 is 0. The monoisotopic (exact) mass is 601 g/mol. The number of nitrogens with one attached hydrogen (secondary N) is 3. The summed E-state index contributed by atoms with van der Waals surface area (Å²) in [5, 5.41) is 3.82. The van der Waals surface area contributed by atoms with Gasteiger partial charge in [0.1, 0.15) is 10.3 Å². The van der Waals surface area contributed by atoms with Crippen molar-refractivity contribution >= 4 is 46.9 Å². The van der Waals surface area contributed by atoms with Crippen LogP contribution in [0.4, 0.5) is 0 Å². The quantitative estimate of drug-likeness (QED) is 0.210. The van der Waals surface area contributed by atoms with Gasteiger partial charge in [-0.15, -0.1) is 0 Å². The minimum Gasteiger partial charge on any atom is -0.364 e. The van der Waals surface area contributed by atoms with E-state index in [1.54, 1.807) is 7.05 Å². The Morgan fingerprint density at radius 2 is 1.67 bits per heavy atom. The van der Waals surface area contributed by atoms with Crippen LogP contribution in [0.5, 0.6) is 0 Å². The Bertz CT molecular complexity index is 712. The van der Waals surface area contributed by atoms with E-state index in [4.69, 9.17) is 23.2 Å². The molecule has 149 valence electrons. The molecule has 0 fully saturated rings. The Morgan fingerprint density at radius 1 is 1.11 bits per heavy atom. The zero-order valence-electron chi connectivity index (χ0n) is 15.9. The molecule has 2 rings (SSSR count). The maximum atomic E-state index is 9.56. The fourth-order valence-corrected chi connectivity index (χ4v) is 2.34. The Hall–Kier alpha value is -1.23. The third-order valence-corrected chi connectivity index (χ3v) is 3.63. The fourth-order valence-electron chi connectivity index (χ4n) is 1.82. The van der Waals surface area contributed by atoms with Crippen molar-refractivity contribution in [1.29, 1.82) is 0 Å². The SMILES string of the molecule is CC.CNC(=S)NNC=O.Cc1ccc(C)c(-c2cc(Cl)nc(Cl)c2)c1.[Re]. The second kappa shape index (κ2) is 15.8. The number of carbonyl (C=O) groups is 1. The van der Waals surface area contributed by atoms with Crippen LogP contribution in [-0.4, -0.2) is 23.6 Å². The summed E-state index contributed by atoms with van der Waals surface area (Å²) in [6, 6.07) is 9.96. The Labute approximate surface area is 190 Å². The van der Waals surface area contributed by atoms with Crippen LogP contribution in [0.1, 0.15) is 25.0 Å². The zero-order chi connectivity index (χ0) is 20.1. The summed E-state index contributed by atoms with van der Waals surface area (Å²) in [5.41, 5.74) is 9.11. The molecule has 9 heteroatoms. The van der Waals surface area contributed by atoms with E-state index in [1.165, 1.54) is 11.1 Å². The van der Waals surface area contributed by atoms with E-state index in [0.29, 0.717) is 21.8 Å². The molecule has 0 bridgehead atoms. The molecule has 1 radical (unpaired) electrons. The fraction of sp³-hybridized carbons (Fsp3) is 0.278. The first-order valence-electron chi connectivity index (χ1n) is 7.95. The molecule has 1 heterocycles. The molecule has 0 spiro atoms. The van der Waals surface area contributed by atoms with Crippen molar-refractivity contribution in [2.45, 2.75) is 27.7 Å². The number of carbonyl (C=O) groups excluding carboxylic acids is 1. The largest absolute Gasteiger partial charge is 0.364 e. The van der Waals surface area contributed by atoms with Gasteiger partial charge in [0, 0.05) is 27.5 Å². The molecular weight excluding hydrogens is 577 g/mol. The smallest absolute Gasteiger partial charge is 0.225 e. The molecule has 1 aromatic heterocycles. The molecular formula is C18H24Cl2N4OReS. The molecule has 3 N–H and O–H groups in total. The second-order valence-electron chi connectivity index (χ2n) is 4.79. The van der Waals surface area contributed by atoms with Crippen molar-refractivity contribution < 1.29 is 25.2 Å². The molecule has 1 aromatic carbocycles. The third kappa shape index (κ3) is 11.3. The summed E-state index contributed by atoms with van der Waals surface area (Å²) in [4.78, 5) is 13.5. The summed E-state index contributed by atoms with van der Waals surface area (Å²) in [5.74, 6) is 0. The molecule has 0 aliphatic rings. The summed E-state index contributed by atoms with van der Waals surface area (Å²) >= 11 is 16.4.